The number of rotatable bonds is 6. The zero-order chi connectivity index (χ0) is 21.3. The van der Waals surface area contributed by atoms with Crippen molar-refractivity contribution in [2.24, 2.45) is 7.05 Å². The summed E-state index contributed by atoms with van der Waals surface area (Å²) in [4.78, 5) is 17.7. The van der Waals surface area contributed by atoms with Crippen LogP contribution in [0.1, 0.15) is 26.5 Å². The summed E-state index contributed by atoms with van der Waals surface area (Å²) in [6.45, 7) is 4.26. The van der Waals surface area contributed by atoms with Crippen molar-refractivity contribution in [3.63, 3.8) is 0 Å². The predicted octanol–water partition coefficient (Wildman–Crippen LogP) is 5.71. The summed E-state index contributed by atoms with van der Waals surface area (Å²) >= 11 is 8.92. The number of benzene rings is 1. The third-order valence-corrected chi connectivity index (χ3v) is 6.42. The van der Waals surface area contributed by atoms with Gasteiger partial charge in [0.25, 0.3) is 5.91 Å². The molecule has 0 bridgehead atoms. The minimum Gasteiger partial charge on any atom is -0.487 e. The van der Waals surface area contributed by atoms with Gasteiger partial charge in [0.2, 0.25) is 0 Å². The Morgan fingerprint density at radius 2 is 2.07 bits per heavy atom. The zero-order valence-corrected chi connectivity index (χ0v) is 19.0. The number of halogens is 1. The number of ether oxygens (including phenoxy) is 1. The third kappa shape index (κ3) is 4.56. The Morgan fingerprint density at radius 3 is 2.83 bits per heavy atom. The highest BCUT2D eigenvalue weighted by molar-refractivity contribution is 7.14. The number of amides is 1. The van der Waals surface area contributed by atoms with E-state index in [9.17, 15) is 4.79 Å². The van der Waals surface area contributed by atoms with Crippen LogP contribution in [0.3, 0.4) is 0 Å². The molecule has 0 spiro atoms. The maximum absolute atomic E-state index is 12.6. The number of anilines is 1. The standard InChI is InChI=1S/C21H19ClN4O2S2/c1-12-4-5-16(22)18(6-12)28-9-14-7-19(29-10-14)20(27)24-21-23-17(11-30-21)15-8-26(3)25-13(15)2/h4-8,10-11H,9H2,1-3H3,(H,23,24,27). The summed E-state index contributed by atoms with van der Waals surface area (Å²) in [5.41, 5.74) is 4.64. The summed E-state index contributed by atoms with van der Waals surface area (Å²) in [5, 5.41) is 12.1. The molecule has 6 nitrogen and oxygen atoms in total. The molecule has 4 aromatic rings. The molecule has 0 unspecified atom stereocenters. The first kappa shape index (κ1) is 20.6. The minimum absolute atomic E-state index is 0.191. The van der Waals surface area contributed by atoms with E-state index in [4.69, 9.17) is 16.3 Å². The molecule has 0 aliphatic heterocycles. The average molecular weight is 459 g/mol. The molecule has 154 valence electrons. The SMILES string of the molecule is Cc1ccc(Cl)c(OCc2csc(C(=O)Nc3nc(-c4cn(C)nc4C)cs3)c2)c1. The van der Waals surface area contributed by atoms with E-state index in [1.165, 1.54) is 22.7 Å². The fourth-order valence-electron chi connectivity index (χ4n) is 2.92. The van der Waals surface area contributed by atoms with Crippen LogP contribution in [0, 0.1) is 13.8 Å². The summed E-state index contributed by atoms with van der Waals surface area (Å²) < 4.78 is 7.56. The molecule has 30 heavy (non-hydrogen) atoms. The topological polar surface area (TPSA) is 69.0 Å². The lowest BCUT2D eigenvalue weighted by atomic mass is 10.2. The lowest BCUT2D eigenvalue weighted by molar-refractivity contribution is 0.103. The molecule has 0 aliphatic carbocycles. The van der Waals surface area contributed by atoms with Gasteiger partial charge in [0.15, 0.2) is 5.13 Å². The molecule has 1 amide bonds. The van der Waals surface area contributed by atoms with Gasteiger partial charge in [-0.25, -0.2) is 4.98 Å². The fraction of sp³-hybridized carbons (Fsp3) is 0.190. The Kier molecular flexibility index (Phi) is 5.90. The van der Waals surface area contributed by atoms with E-state index in [1.807, 2.05) is 62.1 Å². The van der Waals surface area contributed by atoms with Crippen LogP contribution in [0.5, 0.6) is 5.75 Å². The third-order valence-electron chi connectivity index (χ3n) is 4.37. The summed E-state index contributed by atoms with van der Waals surface area (Å²) in [5.74, 6) is 0.443. The van der Waals surface area contributed by atoms with E-state index in [0.717, 1.165) is 28.1 Å². The van der Waals surface area contributed by atoms with Crippen molar-refractivity contribution in [1.29, 1.82) is 0 Å². The van der Waals surface area contributed by atoms with Crippen LogP contribution < -0.4 is 10.1 Å². The summed E-state index contributed by atoms with van der Waals surface area (Å²) in [7, 11) is 1.87. The second kappa shape index (κ2) is 8.59. The van der Waals surface area contributed by atoms with Crippen LogP contribution in [-0.2, 0) is 13.7 Å². The number of hydrogen-bond donors (Lipinski definition) is 1. The van der Waals surface area contributed by atoms with Gasteiger partial charge in [-0.2, -0.15) is 5.10 Å². The molecule has 0 fully saturated rings. The average Bonchev–Trinajstić information content (AvgIpc) is 3.42. The van der Waals surface area contributed by atoms with Crippen molar-refractivity contribution in [1.82, 2.24) is 14.8 Å². The zero-order valence-electron chi connectivity index (χ0n) is 16.6. The summed E-state index contributed by atoms with van der Waals surface area (Å²) in [6.07, 6.45) is 1.92. The Labute approximate surface area is 187 Å². The molecular weight excluding hydrogens is 440 g/mol. The molecule has 0 aliphatic rings. The first-order valence-electron chi connectivity index (χ1n) is 9.13. The smallest absolute Gasteiger partial charge is 0.267 e. The van der Waals surface area contributed by atoms with E-state index >= 15 is 0 Å². The normalized spacial score (nSPS) is 10.9. The van der Waals surface area contributed by atoms with Crippen molar-refractivity contribution in [2.45, 2.75) is 20.5 Å². The second-order valence-corrected chi connectivity index (χ2v) is 9.01. The number of aromatic nitrogens is 3. The van der Waals surface area contributed by atoms with Crippen LogP contribution in [0.25, 0.3) is 11.3 Å². The Morgan fingerprint density at radius 1 is 1.23 bits per heavy atom. The quantitative estimate of drug-likeness (QED) is 0.402. The van der Waals surface area contributed by atoms with Crippen molar-refractivity contribution < 1.29 is 9.53 Å². The van der Waals surface area contributed by atoms with Crippen LogP contribution in [0.2, 0.25) is 5.02 Å². The van der Waals surface area contributed by atoms with E-state index in [-0.39, 0.29) is 5.91 Å². The molecule has 1 N–H and O–H groups in total. The molecular formula is C21H19ClN4O2S2. The van der Waals surface area contributed by atoms with Gasteiger partial charge in [-0.15, -0.1) is 22.7 Å². The lowest BCUT2D eigenvalue weighted by Gasteiger charge is -2.07. The molecule has 3 heterocycles. The molecule has 0 atom stereocenters. The highest BCUT2D eigenvalue weighted by atomic mass is 35.5. The highest BCUT2D eigenvalue weighted by Gasteiger charge is 2.15. The van der Waals surface area contributed by atoms with Gasteiger partial charge in [0, 0.05) is 29.8 Å². The van der Waals surface area contributed by atoms with Gasteiger partial charge >= 0.3 is 0 Å². The Bertz CT molecular complexity index is 1210. The molecule has 3 aromatic heterocycles. The molecule has 4 rings (SSSR count). The molecule has 0 saturated heterocycles. The van der Waals surface area contributed by atoms with E-state index in [1.54, 1.807) is 4.68 Å². The van der Waals surface area contributed by atoms with E-state index in [2.05, 4.69) is 15.4 Å². The number of carbonyl (C=O) groups excluding carboxylic acids is 1. The highest BCUT2D eigenvalue weighted by Crippen LogP contribution is 2.29. The van der Waals surface area contributed by atoms with Crippen molar-refractivity contribution in [3.05, 3.63) is 67.9 Å². The number of thiophene rings is 1. The molecule has 9 heteroatoms. The number of nitrogens with one attached hydrogen (secondary N) is 1. The maximum Gasteiger partial charge on any atom is 0.267 e. The monoisotopic (exact) mass is 458 g/mol. The molecule has 1 aromatic carbocycles. The number of carbonyl (C=O) groups is 1. The molecule has 0 radical (unpaired) electrons. The van der Waals surface area contributed by atoms with Gasteiger partial charge in [0.05, 0.1) is 21.3 Å². The van der Waals surface area contributed by atoms with Crippen LogP contribution in [-0.4, -0.2) is 20.7 Å². The first-order chi connectivity index (χ1) is 14.4. The fourth-order valence-corrected chi connectivity index (χ4v) is 4.59. The van der Waals surface area contributed by atoms with Crippen LogP contribution in [0.4, 0.5) is 5.13 Å². The first-order valence-corrected chi connectivity index (χ1v) is 11.3. The lowest BCUT2D eigenvalue weighted by Crippen LogP contribution is -2.09. The van der Waals surface area contributed by atoms with Crippen molar-refractivity contribution in [2.75, 3.05) is 5.32 Å². The van der Waals surface area contributed by atoms with Gasteiger partial charge in [0.1, 0.15) is 12.4 Å². The van der Waals surface area contributed by atoms with Gasteiger partial charge < -0.3 is 4.74 Å². The molecule has 0 saturated carbocycles. The largest absolute Gasteiger partial charge is 0.487 e. The van der Waals surface area contributed by atoms with Gasteiger partial charge in [-0.05, 0) is 43.0 Å². The number of thiazole rings is 1. The van der Waals surface area contributed by atoms with E-state index in [0.29, 0.717) is 27.4 Å². The predicted molar refractivity (Wildman–Crippen MR) is 122 cm³/mol. The Balaban J connectivity index is 1.40. The van der Waals surface area contributed by atoms with Crippen LogP contribution in [0.15, 0.2) is 41.2 Å². The van der Waals surface area contributed by atoms with Crippen LogP contribution >= 0.6 is 34.3 Å². The van der Waals surface area contributed by atoms with Crippen molar-refractivity contribution >= 4 is 45.3 Å². The number of nitrogens with zero attached hydrogens (tertiary/aromatic N) is 3. The Hall–Kier alpha value is -2.68. The maximum atomic E-state index is 12.6. The van der Waals surface area contributed by atoms with Crippen molar-refractivity contribution in [3.8, 4) is 17.0 Å². The second-order valence-electron chi connectivity index (χ2n) is 6.84. The minimum atomic E-state index is -0.191. The number of hydrogen-bond acceptors (Lipinski definition) is 6. The van der Waals surface area contributed by atoms with Gasteiger partial charge in [-0.3, -0.25) is 14.8 Å². The van der Waals surface area contributed by atoms with Gasteiger partial charge in [-0.1, -0.05) is 17.7 Å². The van der Waals surface area contributed by atoms with E-state index < -0.39 is 0 Å². The summed E-state index contributed by atoms with van der Waals surface area (Å²) in [6, 6.07) is 7.46. The number of aryl methyl sites for hydroxylation is 3.